The maximum atomic E-state index is 13.8. The molecule has 1 aromatic carbocycles. The second kappa shape index (κ2) is 6.01. The van der Waals surface area contributed by atoms with E-state index in [0.29, 0.717) is 13.1 Å². The van der Waals surface area contributed by atoms with Gasteiger partial charge in [-0.1, -0.05) is 0 Å². The molecule has 1 unspecified atom stereocenters. The van der Waals surface area contributed by atoms with Gasteiger partial charge in [0, 0.05) is 18.8 Å². The summed E-state index contributed by atoms with van der Waals surface area (Å²) in [5, 5.41) is -1.30. The largest absolute Gasteiger partial charge is 0.399 e. The lowest BCUT2D eigenvalue weighted by Crippen LogP contribution is -2.44. The van der Waals surface area contributed by atoms with Gasteiger partial charge in [0.2, 0.25) is 5.91 Å². The Morgan fingerprint density at radius 1 is 1.29 bits per heavy atom. The van der Waals surface area contributed by atoms with Gasteiger partial charge in [-0.3, -0.25) is 4.79 Å². The lowest BCUT2D eigenvalue weighted by molar-refractivity contribution is -0.131. The smallest absolute Gasteiger partial charge is 0.241 e. The normalized spacial score (nSPS) is 17.5. The maximum Gasteiger partial charge on any atom is 0.241 e. The number of piperidine rings is 1. The number of sulfone groups is 1. The van der Waals surface area contributed by atoms with E-state index < -0.39 is 31.7 Å². The van der Waals surface area contributed by atoms with Crippen LogP contribution in [0.5, 0.6) is 0 Å². The van der Waals surface area contributed by atoms with Crippen LogP contribution in [0, 0.1) is 5.82 Å². The van der Waals surface area contributed by atoms with Gasteiger partial charge in [0.05, 0.1) is 0 Å². The molecule has 2 rings (SSSR count). The number of carbonyl (C=O) groups is 1. The van der Waals surface area contributed by atoms with Crippen LogP contribution in [0.1, 0.15) is 26.2 Å². The van der Waals surface area contributed by atoms with Crippen molar-refractivity contribution in [3.63, 3.8) is 0 Å². The zero-order valence-corrected chi connectivity index (χ0v) is 12.7. The first kappa shape index (κ1) is 15.8. The summed E-state index contributed by atoms with van der Waals surface area (Å²) in [7, 11) is -4.06. The summed E-state index contributed by atoms with van der Waals surface area (Å²) in [4.78, 5) is 13.4. The fourth-order valence-electron chi connectivity index (χ4n) is 2.44. The number of carbonyl (C=O) groups excluding carboxylic acids is 1. The predicted molar refractivity (Wildman–Crippen MR) is 77.9 cm³/mol. The number of rotatable bonds is 3. The van der Waals surface area contributed by atoms with Crippen LogP contribution in [0.3, 0.4) is 0 Å². The minimum Gasteiger partial charge on any atom is -0.399 e. The van der Waals surface area contributed by atoms with Crippen LogP contribution >= 0.6 is 0 Å². The Hall–Kier alpha value is -1.63. The molecule has 0 aliphatic carbocycles. The number of likely N-dealkylation sites (tertiary alicyclic amines) is 1. The highest BCUT2D eigenvalue weighted by Crippen LogP contribution is 2.23. The fraction of sp³-hybridized carbons (Fsp3) is 0.500. The first-order valence-corrected chi connectivity index (χ1v) is 8.46. The molecule has 1 amide bonds. The van der Waals surface area contributed by atoms with Crippen LogP contribution in [-0.4, -0.2) is 37.6 Å². The molecule has 1 aliphatic heterocycles. The number of benzene rings is 1. The summed E-state index contributed by atoms with van der Waals surface area (Å²) in [5.41, 5.74) is 5.55. The van der Waals surface area contributed by atoms with Crippen molar-refractivity contribution in [3.8, 4) is 0 Å². The summed E-state index contributed by atoms with van der Waals surface area (Å²) in [6.07, 6.45) is 2.78. The molecule has 1 aromatic rings. The first-order chi connectivity index (χ1) is 9.84. The molecular weight excluding hydrogens is 295 g/mol. The standard InChI is InChI=1S/C14H19FN2O3S/c1-10(14(18)17-7-3-2-4-8-17)21(19,20)13-6-5-11(16)9-12(13)15/h5-6,9-10H,2-4,7-8,16H2,1H3. The Bertz CT molecular complexity index is 640. The summed E-state index contributed by atoms with van der Waals surface area (Å²) in [5.74, 6) is -1.39. The van der Waals surface area contributed by atoms with Crippen LogP contribution in [0.2, 0.25) is 0 Å². The number of amides is 1. The lowest BCUT2D eigenvalue weighted by atomic mass is 10.1. The van der Waals surface area contributed by atoms with E-state index in [4.69, 9.17) is 5.73 Å². The lowest BCUT2D eigenvalue weighted by Gasteiger charge is -2.29. The summed E-state index contributed by atoms with van der Waals surface area (Å²) in [6.45, 7) is 2.42. The van der Waals surface area contributed by atoms with E-state index >= 15 is 0 Å². The number of halogens is 1. The Labute approximate surface area is 123 Å². The molecule has 1 atom stereocenters. The van der Waals surface area contributed by atoms with E-state index in [2.05, 4.69) is 0 Å². The van der Waals surface area contributed by atoms with Crippen LogP contribution in [0.4, 0.5) is 10.1 Å². The monoisotopic (exact) mass is 314 g/mol. The molecule has 0 aromatic heterocycles. The molecule has 0 radical (unpaired) electrons. The Morgan fingerprint density at radius 2 is 1.90 bits per heavy atom. The highest BCUT2D eigenvalue weighted by atomic mass is 32.2. The molecule has 1 saturated heterocycles. The van der Waals surface area contributed by atoms with E-state index in [9.17, 15) is 17.6 Å². The van der Waals surface area contributed by atoms with Crippen molar-refractivity contribution in [1.29, 1.82) is 0 Å². The second-order valence-corrected chi connectivity index (χ2v) is 7.50. The summed E-state index contributed by atoms with van der Waals surface area (Å²) >= 11 is 0. The molecule has 7 heteroatoms. The van der Waals surface area contributed by atoms with Gasteiger partial charge in [-0.05, 0) is 44.4 Å². The minimum absolute atomic E-state index is 0.140. The van der Waals surface area contributed by atoms with Gasteiger partial charge in [0.1, 0.15) is 16.0 Å². The fourth-order valence-corrected chi connectivity index (χ4v) is 3.83. The Kier molecular flexibility index (Phi) is 4.51. The third-order valence-electron chi connectivity index (χ3n) is 3.74. The van der Waals surface area contributed by atoms with Gasteiger partial charge in [0.25, 0.3) is 0 Å². The third kappa shape index (κ3) is 3.18. The molecule has 1 aliphatic rings. The number of anilines is 1. The Balaban J connectivity index is 2.27. The molecule has 0 saturated carbocycles. The van der Waals surface area contributed by atoms with Crippen LogP contribution in [0.25, 0.3) is 0 Å². The quantitative estimate of drug-likeness (QED) is 0.859. The van der Waals surface area contributed by atoms with E-state index in [1.54, 1.807) is 4.90 Å². The number of hydrogen-bond acceptors (Lipinski definition) is 4. The summed E-state index contributed by atoms with van der Waals surface area (Å²) < 4.78 is 38.7. The molecule has 1 heterocycles. The number of nitrogens with two attached hydrogens (primary N) is 1. The van der Waals surface area contributed by atoms with Crippen molar-refractivity contribution in [2.24, 2.45) is 0 Å². The van der Waals surface area contributed by atoms with Crippen LogP contribution in [0.15, 0.2) is 23.1 Å². The topological polar surface area (TPSA) is 80.5 Å². The van der Waals surface area contributed by atoms with Crippen molar-refractivity contribution in [1.82, 2.24) is 4.90 Å². The maximum absolute atomic E-state index is 13.8. The van der Waals surface area contributed by atoms with Crippen molar-refractivity contribution in [2.45, 2.75) is 36.3 Å². The minimum atomic E-state index is -4.06. The SMILES string of the molecule is CC(C(=O)N1CCCCC1)S(=O)(=O)c1ccc(N)cc1F. The zero-order valence-electron chi connectivity index (χ0n) is 11.9. The molecule has 2 N–H and O–H groups in total. The van der Waals surface area contributed by atoms with Crippen molar-refractivity contribution < 1.29 is 17.6 Å². The molecule has 21 heavy (non-hydrogen) atoms. The van der Waals surface area contributed by atoms with E-state index in [0.717, 1.165) is 31.4 Å². The molecule has 0 spiro atoms. The predicted octanol–water partition coefficient (Wildman–Crippen LogP) is 1.58. The van der Waals surface area contributed by atoms with Crippen molar-refractivity contribution >= 4 is 21.4 Å². The van der Waals surface area contributed by atoms with Crippen LogP contribution < -0.4 is 5.73 Å². The van der Waals surface area contributed by atoms with E-state index in [-0.39, 0.29) is 5.69 Å². The van der Waals surface area contributed by atoms with Gasteiger partial charge < -0.3 is 10.6 Å². The van der Waals surface area contributed by atoms with Gasteiger partial charge in [0.15, 0.2) is 9.84 Å². The number of hydrogen-bond donors (Lipinski definition) is 1. The first-order valence-electron chi connectivity index (χ1n) is 6.92. The van der Waals surface area contributed by atoms with Crippen molar-refractivity contribution in [2.75, 3.05) is 18.8 Å². The van der Waals surface area contributed by atoms with Gasteiger partial charge >= 0.3 is 0 Å². The molecule has 1 fully saturated rings. The summed E-state index contributed by atoms with van der Waals surface area (Å²) in [6, 6.07) is 3.37. The van der Waals surface area contributed by atoms with Crippen LogP contribution in [-0.2, 0) is 14.6 Å². The van der Waals surface area contributed by atoms with Gasteiger partial charge in [-0.15, -0.1) is 0 Å². The highest BCUT2D eigenvalue weighted by molar-refractivity contribution is 7.92. The van der Waals surface area contributed by atoms with Crippen molar-refractivity contribution in [3.05, 3.63) is 24.0 Å². The Morgan fingerprint density at radius 3 is 2.48 bits per heavy atom. The van der Waals surface area contributed by atoms with Gasteiger partial charge in [-0.2, -0.15) is 0 Å². The third-order valence-corrected chi connectivity index (χ3v) is 5.82. The highest BCUT2D eigenvalue weighted by Gasteiger charge is 2.35. The second-order valence-electron chi connectivity index (χ2n) is 5.26. The molecule has 116 valence electrons. The van der Waals surface area contributed by atoms with E-state index in [1.165, 1.54) is 13.0 Å². The van der Waals surface area contributed by atoms with E-state index in [1.807, 2.05) is 0 Å². The number of nitrogens with zero attached hydrogens (tertiary/aromatic N) is 1. The molecular formula is C14H19FN2O3S. The number of nitrogen functional groups attached to an aromatic ring is 1. The van der Waals surface area contributed by atoms with Gasteiger partial charge in [-0.25, -0.2) is 12.8 Å². The molecule has 5 nitrogen and oxygen atoms in total. The average Bonchev–Trinajstić information content (AvgIpc) is 2.46. The zero-order chi connectivity index (χ0) is 15.6. The average molecular weight is 314 g/mol. The molecule has 0 bridgehead atoms.